The first kappa shape index (κ1) is 16.7. The van der Waals surface area contributed by atoms with Crippen LogP contribution in [0.15, 0.2) is 42.5 Å². The second kappa shape index (κ2) is 7.52. The molecule has 0 saturated carbocycles. The van der Waals surface area contributed by atoms with Crippen molar-refractivity contribution in [1.82, 2.24) is 0 Å². The standard InChI is InChI=1S/C17H17Cl2NO2/c1-11(2)13-5-3-4-6-15(13)20-17(21)10-22-16-8-7-12(18)9-14(16)19/h3-9,11H,10H2,1-2H3,(H,20,21). The van der Waals surface area contributed by atoms with Crippen molar-refractivity contribution in [2.24, 2.45) is 0 Å². The second-order valence-electron chi connectivity index (χ2n) is 5.15. The van der Waals surface area contributed by atoms with Gasteiger partial charge in [-0.25, -0.2) is 0 Å². The molecule has 0 aromatic heterocycles. The van der Waals surface area contributed by atoms with Crippen LogP contribution in [0.1, 0.15) is 25.3 Å². The Morgan fingerprint density at radius 3 is 2.59 bits per heavy atom. The number of benzene rings is 2. The van der Waals surface area contributed by atoms with E-state index in [1.807, 2.05) is 24.3 Å². The molecule has 5 heteroatoms. The van der Waals surface area contributed by atoms with Gasteiger partial charge in [-0.2, -0.15) is 0 Å². The average molecular weight is 338 g/mol. The smallest absolute Gasteiger partial charge is 0.262 e. The van der Waals surface area contributed by atoms with Crippen molar-refractivity contribution < 1.29 is 9.53 Å². The third-order valence-electron chi connectivity index (χ3n) is 3.11. The Balaban J connectivity index is 1.99. The molecule has 0 radical (unpaired) electrons. The van der Waals surface area contributed by atoms with Crippen molar-refractivity contribution >= 4 is 34.8 Å². The van der Waals surface area contributed by atoms with Gasteiger partial charge in [0.15, 0.2) is 6.61 Å². The van der Waals surface area contributed by atoms with Crippen LogP contribution in [0.3, 0.4) is 0 Å². The van der Waals surface area contributed by atoms with E-state index in [9.17, 15) is 4.79 Å². The molecule has 0 fully saturated rings. The first-order valence-corrected chi connectivity index (χ1v) is 7.69. The Morgan fingerprint density at radius 1 is 1.18 bits per heavy atom. The minimum Gasteiger partial charge on any atom is -0.482 e. The fourth-order valence-corrected chi connectivity index (χ4v) is 2.50. The van der Waals surface area contributed by atoms with Crippen molar-refractivity contribution in [3.05, 3.63) is 58.1 Å². The Bertz CT molecular complexity index is 671. The van der Waals surface area contributed by atoms with E-state index >= 15 is 0 Å². The maximum Gasteiger partial charge on any atom is 0.262 e. The van der Waals surface area contributed by atoms with E-state index in [1.54, 1.807) is 18.2 Å². The summed E-state index contributed by atoms with van der Waals surface area (Å²) in [5.41, 5.74) is 1.88. The summed E-state index contributed by atoms with van der Waals surface area (Å²) in [7, 11) is 0. The first-order valence-electron chi connectivity index (χ1n) is 6.94. The van der Waals surface area contributed by atoms with E-state index in [1.165, 1.54) is 0 Å². The van der Waals surface area contributed by atoms with Gasteiger partial charge in [0.1, 0.15) is 5.75 Å². The SMILES string of the molecule is CC(C)c1ccccc1NC(=O)COc1ccc(Cl)cc1Cl. The molecule has 1 amide bonds. The van der Waals surface area contributed by atoms with Crippen LogP contribution in [0, 0.1) is 0 Å². The van der Waals surface area contributed by atoms with Gasteiger partial charge in [-0.1, -0.05) is 55.2 Å². The number of para-hydroxylation sites is 1. The van der Waals surface area contributed by atoms with Crippen molar-refractivity contribution in [3.8, 4) is 5.75 Å². The molecule has 2 aromatic rings. The summed E-state index contributed by atoms with van der Waals surface area (Å²) in [4.78, 5) is 12.0. The molecule has 0 aliphatic carbocycles. The molecule has 2 aromatic carbocycles. The Hall–Kier alpha value is -1.71. The zero-order valence-corrected chi connectivity index (χ0v) is 13.9. The summed E-state index contributed by atoms with van der Waals surface area (Å²) in [6.45, 7) is 4.04. The van der Waals surface area contributed by atoms with Gasteiger partial charge >= 0.3 is 0 Å². The molecule has 116 valence electrons. The monoisotopic (exact) mass is 337 g/mol. The Morgan fingerprint density at radius 2 is 1.91 bits per heavy atom. The van der Waals surface area contributed by atoms with Crippen LogP contribution in [0.5, 0.6) is 5.75 Å². The molecule has 0 heterocycles. The number of halogens is 2. The third kappa shape index (κ3) is 4.39. The van der Waals surface area contributed by atoms with Crippen LogP contribution in [0.4, 0.5) is 5.69 Å². The molecule has 0 saturated heterocycles. The maximum absolute atomic E-state index is 12.0. The molecule has 0 atom stereocenters. The highest BCUT2D eigenvalue weighted by molar-refractivity contribution is 6.35. The van der Waals surface area contributed by atoms with Crippen LogP contribution < -0.4 is 10.1 Å². The van der Waals surface area contributed by atoms with Crippen LogP contribution in [-0.2, 0) is 4.79 Å². The molecule has 2 rings (SSSR count). The zero-order chi connectivity index (χ0) is 16.1. The van der Waals surface area contributed by atoms with E-state index < -0.39 is 0 Å². The number of hydrogen-bond acceptors (Lipinski definition) is 2. The molecule has 0 bridgehead atoms. The first-order chi connectivity index (χ1) is 10.5. The van der Waals surface area contributed by atoms with E-state index in [0.29, 0.717) is 21.7 Å². The van der Waals surface area contributed by atoms with Crippen LogP contribution in [-0.4, -0.2) is 12.5 Å². The molecule has 3 nitrogen and oxygen atoms in total. The number of rotatable bonds is 5. The summed E-state index contributed by atoms with van der Waals surface area (Å²) >= 11 is 11.8. The molecule has 0 unspecified atom stereocenters. The molecular formula is C17H17Cl2NO2. The lowest BCUT2D eigenvalue weighted by atomic mass is 10.0. The van der Waals surface area contributed by atoms with Gasteiger partial charge in [-0.15, -0.1) is 0 Å². The molecule has 1 N–H and O–H groups in total. The summed E-state index contributed by atoms with van der Waals surface area (Å²) in [5, 5.41) is 3.76. The van der Waals surface area contributed by atoms with Crippen molar-refractivity contribution in [2.45, 2.75) is 19.8 Å². The highest BCUT2D eigenvalue weighted by Crippen LogP contribution is 2.27. The van der Waals surface area contributed by atoms with Crippen LogP contribution >= 0.6 is 23.2 Å². The predicted molar refractivity (Wildman–Crippen MR) is 91.1 cm³/mol. The molecular weight excluding hydrogens is 321 g/mol. The topological polar surface area (TPSA) is 38.3 Å². The van der Waals surface area contributed by atoms with Crippen molar-refractivity contribution in [2.75, 3.05) is 11.9 Å². The lowest BCUT2D eigenvalue weighted by molar-refractivity contribution is -0.118. The van der Waals surface area contributed by atoms with Crippen molar-refractivity contribution in [1.29, 1.82) is 0 Å². The van der Waals surface area contributed by atoms with E-state index in [0.717, 1.165) is 11.3 Å². The molecule has 0 aliphatic rings. The Labute approximate surface area is 140 Å². The van der Waals surface area contributed by atoms with E-state index in [2.05, 4.69) is 19.2 Å². The number of nitrogens with one attached hydrogen (secondary N) is 1. The molecule has 0 aliphatic heterocycles. The van der Waals surface area contributed by atoms with Gasteiger partial charge in [0, 0.05) is 10.7 Å². The molecule has 22 heavy (non-hydrogen) atoms. The number of ether oxygens (including phenoxy) is 1. The third-order valence-corrected chi connectivity index (χ3v) is 3.64. The van der Waals surface area contributed by atoms with Crippen LogP contribution in [0.25, 0.3) is 0 Å². The van der Waals surface area contributed by atoms with Crippen molar-refractivity contribution in [3.63, 3.8) is 0 Å². The fourth-order valence-electron chi connectivity index (χ4n) is 2.04. The lowest BCUT2D eigenvalue weighted by Gasteiger charge is -2.14. The second-order valence-corrected chi connectivity index (χ2v) is 6.00. The number of anilines is 1. The van der Waals surface area contributed by atoms with Gasteiger partial charge in [-0.05, 0) is 35.7 Å². The minimum absolute atomic E-state index is 0.117. The summed E-state index contributed by atoms with van der Waals surface area (Å²) in [6.07, 6.45) is 0. The van der Waals surface area contributed by atoms with E-state index in [4.69, 9.17) is 27.9 Å². The summed E-state index contributed by atoms with van der Waals surface area (Å²) < 4.78 is 5.42. The predicted octanol–water partition coefficient (Wildman–Crippen LogP) is 5.13. The maximum atomic E-state index is 12.0. The number of carbonyl (C=O) groups is 1. The average Bonchev–Trinajstić information content (AvgIpc) is 2.46. The van der Waals surface area contributed by atoms with Crippen LogP contribution in [0.2, 0.25) is 10.0 Å². The highest BCUT2D eigenvalue weighted by atomic mass is 35.5. The quantitative estimate of drug-likeness (QED) is 0.820. The van der Waals surface area contributed by atoms with Gasteiger partial charge in [0.05, 0.1) is 5.02 Å². The Kier molecular flexibility index (Phi) is 5.69. The summed E-state index contributed by atoms with van der Waals surface area (Å²) in [5.74, 6) is 0.514. The van der Waals surface area contributed by atoms with Gasteiger partial charge < -0.3 is 10.1 Å². The van der Waals surface area contributed by atoms with Gasteiger partial charge in [0.2, 0.25) is 0 Å². The number of carbonyl (C=O) groups excluding carboxylic acids is 1. The number of amides is 1. The largest absolute Gasteiger partial charge is 0.482 e. The highest BCUT2D eigenvalue weighted by Gasteiger charge is 2.10. The van der Waals surface area contributed by atoms with E-state index in [-0.39, 0.29) is 12.5 Å². The minimum atomic E-state index is -0.237. The lowest BCUT2D eigenvalue weighted by Crippen LogP contribution is -2.21. The summed E-state index contributed by atoms with van der Waals surface area (Å²) in [6, 6.07) is 12.6. The number of hydrogen-bond donors (Lipinski definition) is 1. The fraction of sp³-hybridized carbons (Fsp3) is 0.235. The van der Waals surface area contributed by atoms with Gasteiger partial charge in [-0.3, -0.25) is 4.79 Å². The van der Waals surface area contributed by atoms with Gasteiger partial charge in [0.25, 0.3) is 5.91 Å². The zero-order valence-electron chi connectivity index (χ0n) is 12.4. The molecule has 0 spiro atoms. The normalized spacial score (nSPS) is 10.6.